The van der Waals surface area contributed by atoms with Crippen LogP contribution in [0.15, 0.2) is 12.4 Å². The fourth-order valence-electron chi connectivity index (χ4n) is 1.51. The van der Waals surface area contributed by atoms with Crippen LogP contribution in [0, 0.1) is 11.9 Å². The van der Waals surface area contributed by atoms with Crippen LogP contribution in [-0.4, -0.2) is 29.8 Å². The zero-order valence-corrected chi connectivity index (χ0v) is 8.36. The number of ether oxygens (including phenoxy) is 2. The lowest BCUT2D eigenvalue weighted by molar-refractivity contribution is 0.0489. The van der Waals surface area contributed by atoms with Crippen LogP contribution in [0.5, 0.6) is 5.88 Å². The quantitative estimate of drug-likeness (QED) is 0.711. The van der Waals surface area contributed by atoms with Crippen molar-refractivity contribution >= 4 is 0 Å². The van der Waals surface area contributed by atoms with E-state index in [1.165, 1.54) is 6.07 Å². The van der Waals surface area contributed by atoms with Crippen LogP contribution in [0.1, 0.15) is 12.8 Å². The lowest BCUT2D eigenvalue weighted by Crippen LogP contribution is -2.21. The third-order valence-electron chi connectivity index (χ3n) is 2.42. The molecule has 1 fully saturated rings. The predicted molar refractivity (Wildman–Crippen MR) is 51.0 cm³/mol. The molecule has 5 heteroatoms. The molecule has 0 bridgehead atoms. The molecule has 1 saturated heterocycles. The minimum atomic E-state index is -0.563. The molecule has 1 aromatic heterocycles. The van der Waals surface area contributed by atoms with Gasteiger partial charge in [0.1, 0.15) is 6.33 Å². The number of halogens is 1. The monoisotopic (exact) mass is 212 g/mol. The molecule has 1 aromatic rings. The molecule has 0 aromatic carbocycles. The van der Waals surface area contributed by atoms with Crippen LogP contribution in [0.3, 0.4) is 0 Å². The molecule has 0 unspecified atom stereocenters. The second-order valence-corrected chi connectivity index (χ2v) is 3.55. The molecule has 0 spiro atoms. The van der Waals surface area contributed by atoms with Crippen LogP contribution in [0.2, 0.25) is 0 Å². The summed E-state index contributed by atoms with van der Waals surface area (Å²) in [5.74, 6) is 0.220. The maximum atomic E-state index is 12.7. The Morgan fingerprint density at radius 1 is 1.40 bits per heavy atom. The maximum absolute atomic E-state index is 12.7. The van der Waals surface area contributed by atoms with E-state index >= 15 is 0 Å². The van der Waals surface area contributed by atoms with Crippen LogP contribution >= 0.6 is 0 Å². The fraction of sp³-hybridized carbons (Fsp3) is 0.600. The first kappa shape index (κ1) is 10.3. The lowest BCUT2D eigenvalue weighted by atomic mass is 10.0. The van der Waals surface area contributed by atoms with Gasteiger partial charge in [-0.05, 0) is 18.8 Å². The van der Waals surface area contributed by atoms with Crippen LogP contribution in [-0.2, 0) is 4.74 Å². The highest BCUT2D eigenvalue weighted by Crippen LogP contribution is 2.16. The summed E-state index contributed by atoms with van der Waals surface area (Å²) in [5.41, 5.74) is 0. The van der Waals surface area contributed by atoms with Crippen molar-refractivity contribution < 1.29 is 13.9 Å². The Kier molecular flexibility index (Phi) is 3.45. The van der Waals surface area contributed by atoms with Gasteiger partial charge in [0.15, 0.2) is 0 Å². The van der Waals surface area contributed by atoms with E-state index in [-0.39, 0.29) is 0 Å². The summed E-state index contributed by atoms with van der Waals surface area (Å²) in [6, 6.07) is 1.19. The Bertz CT molecular complexity index is 316. The molecule has 2 heterocycles. The summed E-state index contributed by atoms with van der Waals surface area (Å²) >= 11 is 0. The van der Waals surface area contributed by atoms with Crippen molar-refractivity contribution in [2.24, 2.45) is 5.92 Å². The number of hydrogen-bond acceptors (Lipinski definition) is 4. The molecule has 0 N–H and O–H groups in total. The highest BCUT2D eigenvalue weighted by Gasteiger charge is 2.14. The van der Waals surface area contributed by atoms with Gasteiger partial charge >= 0.3 is 0 Å². The lowest BCUT2D eigenvalue weighted by Gasteiger charge is -2.21. The van der Waals surface area contributed by atoms with Crippen molar-refractivity contribution in [1.82, 2.24) is 9.97 Å². The average Bonchev–Trinajstić information content (AvgIpc) is 2.28. The third kappa shape index (κ3) is 3.13. The molecule has 0 aliphatic carbocycles. The first-order valence-electron chi connectivity index (χ1n) is 5.02. The molecule has 1 aliphatic rings. The first-order valence-corrected chi connectivity index (χ1v) is 5.02. The van der Waals surface area contributed by atoms with Crippen LogP contribution in [0.4, 0.5) is 4.39 Å². The Hall–Kier alpha value is -1.23. The molecule has 4 nitrogen and oxygen atoms in total. The van der Waals surface area contributed by atoms with Gasteiger partial charge in [-0.15, -0.1) is 0 Å². The molecular weight excluding hydrogens is 199 g/mol. The number of nitrogens with zero attached hydrogens (tertiary/aromatic N) is 2. The van der Waals surface area contributed by atoms with Crippen molar-refractivity contribution in [3.63, 3.8) is 0 Å². The molecule has 82 valence electrons. The van der Waals surface area contributed by atoms with Gasteiger partial charge in [0.25, 0.3) is 0 Å². The van der Waals surface area contributed by atoms with Gasteiger partial charge in [-0.2, -0.15) is 4.39 Å². The second kappa shape index (κ2) is 5.02. The fourth-order valence-corrected chi connectivity index (χ4v) is 1.51. The van der Waals surface area contributed by atoms with E-state index in [2.05, 4.69) is 9.97 Å². The van der Waals surface area contributed by atoms with E-state index in [0.29, 0.717) is 18.4 Å². The van der Waals surface area contributed by atoms with Gasteiger partial charge in [-0.1, -0.05) is 0 Å². The minimum Gasteiger partial charge on any atom is -0.477 e. The Morgan fingerprint density at radius 2 is 2.20 bits per heavy atom. The van der Waals surface area contributed by atoms with E-state index in [0.717, 1.165) is 32.4 Å². The van der Waals surface area contributed by atoms with Gasteiger partial charge in [-0.25, -0.2) is 9.97 Å². The van der Waals surface area contributed by atoms with Crippen molar-refractivity contribution in [1.29, 1.82) is 0 Å². The zero-order chi connectivity index (χ0) is 10.5. The number of hydrogen-bond donors (Lipinski definition) is 0. The molecular formula is C10H13FN2O2. The first-order chi connectivity index (χ1) is 7.34. The molecule has 0 amide bonds. The SMILES string of the molecule is Fc1cc(OCC2CCOCC2)ncn1. The standard InChI is InChI=1S/C10H13FN2O2/c11-9-5-10(13-7-12-9)15-6-8-1-3-14-4-2-8/h5,7-8H,1-4,6H2. The zero-order valence-electron chi connectivity index (χ0n) is 8.36. The van der Waals surface area contributed by atoms with Gasteiger partial charge < -0.3 is 9.47 Å². The van der Waals surface area contributed by atoms with E-state index in [9.17, 15) is 4.39 Å². The summed E-state index contributed by atoms with van der Waals surface area (Å²) in [5, 5.41) is 0. The molecule has 15 heavy (non-hydrogen) atoms. The smallest absolute Gasteiger partial charge is 0.219 e. The maximum Gasteiger partial charge on any atom is 0.219 e. The van der Waals surface area contributed by atoms with E-state index in [4.69, 9.17) is 9.47 Å². The van der Waals surface area contributed by atoms with E-state index < -0.39 is 5.95 Å². The normalized spacial score (nSPS) is 17.7. The van der Waals surface area contributed by atoms with E-state index in [1.54, 1.807) is 0 Å². The van der Waals surface area contributed by atoms with Crippen molar-refractivity contribution in [3.05, 3.63) is 18.3 Å². The third-order valence-corrected chi connectivity index (χ3v) is 2.42. The van der Waals surface area contributed by atoms with Crippen LogP contribution in [0.25, 0.3) is 0 Å². The minimum absolute atomic E-state index is 0.300. The summed E-state index contributed by atoms with van der Waals surface area (Å²) in [4.78, 5) is 7.18. The number of aromatic nitrogens is 2. The highest BCUT2D eigenvalue weighted by atomic mass is 19.1. The molecule has 0 radical (unpaired) electrons. The topological polar surface area (TPSA) is 44.2 Å². The van der Waals surface area contributed by atoms with Crippen molar-refractivity contribution in [2.75, 3.05) is 19.8 Å². The Balaban J connectivity index is 1.81. The highest BCUT2D eigenvalue weighted by molar-refractivity contribution is 5.05. The summed E-state index contributed by atoms with van der Waals surface area (Å²) in [6.07, 6.45) is 3.15. The molecule has 0 saturated carbocycles. The van der Waals surface area contributed by atoms with Gasteiger partial charge in [-0.3, -0.25) is 0 Å². The van der Waals surface area contributed by atoms with Gasteiger partial charge in [0.05, 0.1) is 12.7 Å². The second-order valence-electron chi connectivity index (χ2n) is 3.55. The Morgan fingerprint density at radius 3 is 2.93 bits per heavy atom. The summed E-state index contributed by atoms with van der Waals surface area (Å²) < 4.78 is 23.3. The summed E-state index contributed by atoms with van der Waals surface area (Å²) in [6.45, 7) is 2.14. The van der Waals surface area contributed by atoms with Crippen molar-refractivity contribution in [2.45, 2.75) is 12.8 Å². The van der Waals surface area contributed by atoms with Crippen LogP contribution < -0.4 is 4.74 Å². The number of rotatable bonds is 3. The van der Waals surface area contributed by atoms with Gasteiger partial charge in [0.2, 0.25) is 11.8 Å². The van der Waals surface area contributed by atoms with Gasteiger partial charge in [0, 0.05) is 13.2 Å². The van der Waals surface area contributed by atoms with E-state index in [1.807, 2.05) is 0 Å². The largest absolute Gasteiger partial charge is 0.477 e. The average molecular weight is 212 g/mol. The molecule has 1 aliphatic heterocycles. The Labute approximate surface area is 87.4 Å². The molecule has 2 rings (SSSR count). The molecule has 0 atom stereocenters. The summed E-state index contributed by atoms with van der Waals surface area (Å²) in [7, 11) is 0. The van der Waals surface area contributed by atoms with Crippen molar-refractivity contribution in [3.8, 4) is 5.88 Å². The predicted octanol–water partition coefficient (Wildman–Crippen LogP) is 1.42.